The van der Waals surface area contributed by atoms with Gasteiger partial charge >= 0.3 is 0 Å². The van der Waals surface area contributed by atoms with Crippen molar-refractivity contribution in [3.63, 3.8) is 0 Å². The number of hydrogen-bond acceptors (Lipinski definition) is 2. The third-order valence-electron chi connectivity index (χ3n) is 3.94. The lowest BCUT2D eigenvalue weighted by atomic mass is 9.82. The molecule has 1 saturated heterocycles. The molecule has 0 spiro atoms. The van der Waals surface area contributed by atoms with Gasteiger partial charge in [-0.05, 0) is 31.6 Å². The van der Waals surface area contributed by atoms with Gasteiger partial charge in [-0.15, -0.1) is 0 Å². The van der Waals surface area contributed by atoms with Crippen molar-refractivity contribution in [1.29, 1.82) is 0 Å². The first kappa shape index (κ1) is 13.0. The molecule has 0 aromatic rings. The van der Waals surface area contributed by atoms with Crippen LogP contribution in [0, 0.1) is 17.8 Å². The molecule has 1 aliphatic rings. The van der Waals surface area contributed by atoms with Crippen molar-refractivity contribution in [3.05, 3.63) is 0 Å². The minimum atomic E-state index is 0.366. The summed E-state index contributed by atoms with van der Waals surface area (Å²) < 4.78 is 11.5. The monoisotopic (exact) mass is 214 g/mol. The van der Waals surface area contributed by atoms with E-state index in [1.165, 1.54) is 6.42 Å². The molecule has 0 amide bonds. The number of ether oxygens (including phenoxy) is 2. The van der Waals surface area contributed by atoms with Gasteiger partial charge in [-0.3, -0.25) is 0 Å². The molecule has 0 radical (unpaired) electrons. The van der Waals surface area contributed by atoms with E-state index >= 15 is 0 Å². The van der Waals surface area contributed by atoms with Crippen LogP contribution in [-0.2, 0) is 9.47 Å². The molecule has 1 heterocycles. The first-order chi connectivity index (χ1) is 7.10. The minimum Gasteiger partial charge on any atom is -0.381 e. The first-order valence-electron chi connectivity index (χ1n) is 6.24. The molecule has 0 aliphatic carbocycles. The van der Waals surface area contributed by atoms with Crippen LogP contribution in [0.1, 0.15) is 40.5 Å². The molecule has 0 saturated carbocycles. The highest BCUT2D eigenvalue weighted by Crippen LogP contribution is 2.30. The molecule has 0 aromatic carbocycles. The Hall–Kier alpha value is -0.0800. The number of hydrogen-bond donors (Lipinski definition) is 0. The lowest BCUT2D eigenvalue weighted by Crippen LogP contribution is -2.38. The van der Waals surface area contributed by atoms with E-state index in [-0.39, 0.29) is 0 Å². The van der Waals surface area contributed by atoms with E-state index in [9.17, 15) is 0 Å². The average Bonchev–Trinajstić information content (AvgIpc) is 2.21. The van der Waals surface area contributed by atoms with Crippen LogP contribution in [0.3, 0.4) is 0 Å². The molecule has 1 rings (SSSR count). The van der Waals surface area contributed by atoms with Gasteiger partial charge in [0.1, 0.15) is 0 Å². The summed E-state index contributed by atoms with van der Waals surface area (Å²) in [6.45, 7) is 9.86. The Kier molecular flexibility index (Phi) is 5.07. The summed E-state index contributed by atoms with van der Waals surface area (Å²) in [7, 11) is 1.83. The molecule has 2 heteroatoms. The maximum Gasteiger partial charge on any atom is 0.0646 e. The summed E-state index contributed by atoms with van der Waals surface area (Å²) in [4.78, 5) is 0. The van der Waals surface area contributed by atoms with Crippen LogP contribution in [0.25, 0.3) is 0 Å². The van der Waals surface area contributed by atoms with E-state index < -0.39 is 0 Å². The molecule has 0 bridgehead atoms. The zero-order valence-corrected chi connectivity index (χ0v) is 10.8. The minimum absolute atomic E-state index is 0.366. The fourth-order valence-corrected chi connectivity index (χ4v) is 2.69. The molecular weight excluding hydrogens is 188 g/mol. The van der Waals surface area contributed by atoms with Gasteiger partial charge in [-0.25, -0.2) is 0 Å². The quantitative estimate of drug-likeness (QED) is 0.703. The smallest absolute Gasteiger partial charge is 0.0646 e. The Morgan fingerprint density at radius 1 is 1.20 bits per heavy atom. The molecule has 5 atom stereocenters. The highest BCUT2D eigenvalue weighted by atomic mass is 16.5. The lowest BCUT2D eigenvalue weighted by Gasteiger charge is -2.36. The summed E-state index contributed by atoms with van der Waals surface area (Å²) >= 11 is 0. The van der Waals surface area contributed by atoms with Gasteiger partial charge in [0.25, 0.3) is 0 Å². The van der Waals surface area contributed by atoms with E-state index in [0.717, 1.165) is 13.0 Å². The zero-order valence-electron chi connectivity index (χ0n) is 10.8. The summed E-state index contributed by atoms with van der Waals surface area (Å²) in [5.41, 5.74) is 0. The van der Waals surface area contributed by atoms with Gasteiger partial charge in [0, 0.05) is 13.0 Å². The number of rotatable bonds is 2. The van der Waals surface area contributed by atoms with Crippen molar-refractivity contribution < 1.29 is 9.47 Å². The van der Waals surface area contributed by atoms with Crippen molar-refractivity contribution in [2.75, 3.05) is 13.7 Å². The van der Waals surface area contributed by atoms with Crippen molar-refractivity contribution >= 4 is 0 Å². The van der Waals surface area contributed by atoms with Crippen LogP contribution in [-0.4, -0.2) is 25.9 Å². The topological polar surface area (TPSA) is 18.5 Å². The van der Waals surface area contributed by atoms with Crippen LogP contribution in [0.5, 0.6) is 0 Å². The Morgan fingerprint density at radius 3 is 2.40 bits per heavy atom. The maximum atomic E-state index is 5.90. The Morgan fingerprint density at radius 2 is 1.87 bits per heavy atom. The Balaban J connectivity index is 2.69. The van der Waals surface area contributed by atoms with E-state index in [2.05, 4.69) is 27.7 Å². The third kappa shape index (κ3) is 3.18. The van der Waals surface area contributed by atoms with Crippen LogP contribution in [0.15, 0.2) is 0 Å². The molecule has 1 fully saturated rings. The SMILES string of the molecule is CCC1COC(C)C(C)CC(C)C1OC. The predicted octanol–water partition coefficient (Wildman–Crippen LogP) is 3.11. The second kappa shape index (κ2) is 5.86. The van der Waals surface area contributed by atoms with E-state index in [1.54, 1.807) is 0 Å². The van der Waals surface area contributed by atoms with Crippen molar-refractivity contribution in [2.24, 2.45) is 17.8 Å². The zero-order chi connectivity index (χ0) is 11.4. The van der Waals surface area contributed by atoms with Crippen molar-refractivity contribution in [1.82, 2.24) is 0 Å². The van der Waals surface area contributed by atoms with E-state index in [4.69, 9.17) is 9.47 Å². The van der Waals surface area contributed by atoms with E-state index in [1.807, 2.05) is 7.11 Å². The van der Waals surface area contributed by atoms with Gasteiger partial charge in [0.15, 0.2) is 0 Å². The largest absolute Gasteiger partial charge is 0.381 e. The molecule has 90 valence electrons. The Bertz CT molecular complexity index is 181. The van der Waals surface area contributed by atoms with E-state index in [0.29, 0.717) is 30.0 Å². The van der Waals surface area contributed by atoms with Gasteiger partial charge in [-0.1, -0.05) is 20.8 Å². The van der Waals surface area contributed by atoms with Gasteiger partial charge in [-0.2, -0.15) is 0 Å². The highest BCUT2D eigenvalue weighted by molar-refractivity contribution is 4.80. The van der Waals surface area contributed by atoms with Gasteiger partial charge < -0.3 is 9.47 Å². The third-order valence-corrected chi connectivity index (χ3v) is 3.94. The molecule has 1 aliphatic heterocycles. The predicted molar refractivity (Wildman–Crippen MR) is 62.9 cm³/mol. The van der Waals surface area contributed by atoms with Crippen LogP contribution in [0.2, 0.25) is 0 Å². The summed E-state index contributed by atoms with van der Waals surface area (Å²) in [6, 6.07) is 0. The maximum absolute atomic E-state index is 5.90. The van der Waals surface area contributed by atoms with Crippen LogP contribution < -0.4 is 0 Å². The van der Waals surface area contributed by atoms with Crippen molar-refractivity contribution in [2.45, 2.75) is 52.7 Å². The standard InChI is InChI=1S/C13H26O2/c1-6-12-8-15-11(4)9(2)7-10(3)13(12)14-5/h9-13H,6-8H2,1-5H3. The number of methoxy groups -OCH3 is 1. The lowest BCUT2D eigenvalue weighted by molar-refractivity contribution is -0.0835. The molecule has 2 nitrogen and oxygen atoms in total. The Labute approximate surface area is 94.3 Å². The second-order valence-electron chi connectivity index (χ2n) is 5.10. The fourth-order valence-electron chi connectivity index (χ4n) is 2.69. The summed E-state index contributed by atoms with van der Waals surface area (Å²) in [6.07, 6.45) is 3.10. The van der Waals surface area contributed by atoms with Gasteiger partial charge in [0.05, 0.1) is 18.8 Å². The van der Waals surface area contributed by atoms with Crippen molar-refractivity contribution in [3.8, 4) is 0 Å². The van der Waals surface area contributed by atoms with Gasteiger partial charge in [0.2, 0.25) is 0 Å². The highest BCUT2D eigenvalue weighted by Gasteiger charge is 2.31. The van der Waals surface area contributed by atoms with Crippen LogP contribution >= 0.6 is 0 Å². The molecule has 0 aromatic heterocycles. The molecule has 0 N–H and O–H groups in total. The van der Waals surface area contributed by atoms with Crippen LogP contribution in [0.4, 0.5) is 0 Å². The fraction of sp³-hybridized carbons (Fsp3) is 1.00. The molecular formula is C13H26O2. The molecule has 5 unspecified atom stereocenters. The normalized spacial score (nSPS) is 43.4. The molecule has 15 heavy (non-hydrogen) atoms. The second-order valence-corrected chi connectivity index (χ2v) is 5.10. The average molecular weight is 214 g/mol. The summed E-state index contributed by atoms with van der Waals surface area (Å²) in [5, 5.41) is 0. The first-order valence-corrected chi connectivity index (χ1v) is 6.24. The summed E-state index contributed by atoms with van der Waals surface area (Å²) in [5.74, 6) is 1.83.